The molecule has 118 valence electrons. The van der Waals surface area contributed by atoms with Gasteiger partial charge in [-0.1, -0.05) is 12.1 Å². The zero-order chi connectivity index (χ0) is 16.2. The van der Waals surface area contributed by atoms with Crippen molar-refractivity contribution in [3.63, 3.8) is 0 Å². The summed E-state index contributed by atoms with van der Waals surface area (Å²) in [6.45, 7) is 2.65. The number of alkyl halides is 1. The highest BCUT2D eigenvalue weighted by atomic mass is 35.5. The van der Waals surface area contributed by atoms with Gasteiger partial charge in [0.25, 0.3) is 5.91 Å². The summed E-state index contributed by atoms with van der Waals surface area (Å²) in [7, 11) is 0. The van der Waals surface area contributed by atoms with Crippen LogP contribution >= 0.6 is 23.4 Å². The van der Waals surface area contributed by atoms with Gasteiger partial charge in [-0.15, -0.1) is 11.6 Å². The number of hydrogen-bond acceptors (Lipinski definition) is 4. The molecule has 23 heavy (non-hydrogen) atoms. The number of aryl methyl sites for hydroxylation is 2. The molecule has 1 aliphatic heterocycles. The van der Waals surface area contributed by atoms with Crippen molar-refractivity contribution in [2.45, 2.75) is 13.5 Å². The number of benzene rings is 1. The van der Waals surface area contributed by atoms with Crippen LogP contribution in [0.1, 0.15) is 11.1 Å². The smallest absolute Gasteiger partial charge is 0.264 e. The zero-order valence-electron chi connectivity index (χ0n) is 12.5. The van der Waals surface area contributed by atoms with Crippen LogP contribution in [0.2, 0.25) is 0 Å². The van der Waals surface area contributed by atoms with Crippen molar-refractivity contribution in [2.75, 3.05) is 5.88 Å². The summed E-state index contributed by atoms with van der Waals surface area (Å²) in [6, 6.07) is 7.83. The SMILES string of the molecule is Cc1cccc(N=C2NC(=O)/C(=C/c3cnn(CCCl)c3)S2)c1. The largest absolute Gasteiger partial charge is 0.300 e. The van der Waals surface area contributed by atoms with Crippen molar-refractivity contribution in [2.24, 2.45) is 4.99 Å². The third-order valence-electron chi connectivity index (χ3n) is 3.15. The van der Waals surface area contributed by atoms with Gasteiger partial charge >= 0.3 is 0 Å². The van der Waals surface area contributed by atoms with Gasteiger partial charge in [-0.05, 0) is 42.5 Å². The molecule has 1 aliphatic rings. The first-order valence-electron chi connectivity index (χ1n) is 7.09. The quantitative estimate of drug-likeness (QED) is 0.682. The van der Waals surface area contributed by atoms with Crippen LogP contribution in [0.4, 0.5) is 5.69 Å². The molecular weight excluding hydrogens is 332 g/mol. The highest BCUT2D eigenvalue weighted by molar-refractivity contribution is 8.18. The molecule has 1 N–H and O–H groups in total. The second-order valence-corrected chi connectivity index (χ2v) is 6.46. The van der Waals surface area contributed by atoms with Gasteiger partial charge in [0.05, 0.1) is 23.3 Å². The number of nitrogens with zero attached hydrogens (tertiary/aromatic N) is 3. The van der Waals surface area contributed by atoms with Crippen LogP contribution < -0.4 is 5.32 Å². The number of carbonyl (C=O) groups is 1. The van der Waals surface area contributed by atoms with E-state index in [0.29, 0.717) is 22.5 Å². The minimum Gasteiger partial charge on any atom is -0.300 e. The predicted molar refractivity (Wildman–Crippen MR) is 94.9 cm³/mol. The molecular formula is C16H15ClN4OS. The van der Waals surface area contributed by atoms with E-state index in [2.05, 4.69) is 15.4 Å². The first kappa shape index (κ1) is 15.8. The number of hydrogen-bond donors (Lipinski definition) is 1. The van der Waals surface area contributed by atoms with Gasteiger partial charge in [0, 0.05) is 17.6 Å². The fourth-order valence-corrected chi connectivity index (χ4v) is 3.12. The summed E-state index contributed by atoms with van der Waals surface area (Å²) >= 11 is 7.01. The summed E-state index contributed by atoms with van der Waals surface area (Å²) < 4.78 is 1.75. The molecule has 0 spiro atoms. The van der Waals surface area contributed by atoms with E-state index < -0.39 is 0 Å². The Morgan fingerprint density at radius 3 is 3.13 bits per heavy atom. The summed E-state index contributed by atoms with van der Waals surface area (Å²) in [5, 5.41) is 7.55. The second-order valence-electron chi connectivity index (χ2n) is 5.05. The molecule has 1 amide bonds. The normalized spacial score (nSPS) is 17.9. The number of thioether (sulfide) groups is 1. The van der Waals surface area contributed by atoms with Crippen molar-refractivity contribution in [3.05, 3.63) is 52.7 Å². The Morgan fingerprint density at radius 2 is 2.35 bits per heavy atom. The van der Waals surface area contributed by atoms with Gasteiger partial charge in [-0.3, -0.25) is 9.48 Å². The molecule has 0 saturated carbocycles. The lowest BCUT2D eigenvalue weighted by Gasteiger charge is -1.97. The number of carbonyl (C=O) groups excluding carboxylic acids is 1. The van der Waals surface area contributed by atoms with E-state index in [1.165, 1.54) is 11.8 Å². The number of aromatic nitrogens is 2. The minimum absolute atomic E-state index is 0.147. The number of aliphatic imine (C=N–C) groups is 1. The highest BCUT2D eigenvalue weighted by Gasteiger charge is 2.23. The maximum atomic E-state index is 12.0. The Labute approximate surface area is 143 Å². The molecule has 2 heterocycles. The Bertz CT molecular complexity index is 797. The lowest BCUT2D eigenvalue weighted by Crippen LogP contribution is -2.19. The van der Waals surface area contributed by atoms with Crippen molar-refractivity contribution in [1.82, 2.24) is 15.1 Å². The van der Waals surface area contributed by atoms with Crippen molar-refractivity contribution < 1.29 is 4.79 Å². The van der Waals surface area contributed by atoms with E-state index in [4.69, 9.17) is 11.6 Å². The first-order valence-corrected chi connectivity index (χ1v) is 8.44. The molecule has 0 aliphatic carbocycles. The monoisotopic (exact) mass is 346 g/mol. The maximum absolute atomic E-state index is 12.0. The zero-order valence-corrected chi connectivity index (χ0v) is 14.1. The molecule has 1 fully saturated rings. The van der Waals surface area contributed by atoms with Crippen LogP contribution in [0.15, 0.2) is 46.6 Å². The van der Waals surface area contributed by atoms with Crippen molar-refractivity contribution >= 4 is 46.2 Å². The Hall–Kier alpha value is -2.05. The average Bonchev–Trinajstić information content (AvgIpc) is 3.07. The summed E-state index contributed by atoms with van der Waals surface area (Å²) in [4.78, 5) is 17.1. The molecule has 2 aromatic rings. The number of rotatable bonds is 4. The van der Waals surface area contributed by atoms with E-state index in [9.17, 15) is 4.79 Å². The van der Waals surface area contributed by atoms with Crippen LogP contribution in [0, 0.1) is 6.92 Å². The average molecular weight is 347 g/mol. The fourth-order valence-electron chi connectivity index (χ4n) is 2.11. The molecule has 1 aromatic carbocycles. The van der Waals surface area contributed by atoms with E-state index in [-0.39, 0.29) is 5.91 Å². The van der Waals surface area contributed by atoms with Crippen LogP contribution in [0.3, 0.4) is 0 Å². The Balaban J connectivity index is 1.77. The number of amides is 1. The van der Waals surface area contributed by atoms with Crippen molar-refractivity contribution in [3.8, 4) is 0 Å². The van der Waals surface area contributed by atoms with Gasteiger partial charge in [0.1, 0.15) is 0 Å². The lowest BCUT2D eigenvalue weighted by molar-refractivity contribution is -0.115. The van der Waals surface area contributed by atoms with Crippen LogP contribution in [-0.2, 0) is 11.3 Å². The third-order valence-corrected chi connectivity index (χ3v) is 4.23. The Kier molecular flexibility index (Phi) is 4.83. The third kappa shape index (κ3) is 4.03. The van der Waals surface area contributed by atoms with Gasteiger partial charge in [0.15, 0.2) is 5.17 Å². The Morgan fingerprint density at radius 1 is 1.48 bits per heavy atom. The summed E-state index contributed by atoms with van der Waals surface area (Å²) in [5.41, 5.74) is 2.82. The van der Waals surface area contributed by atoms with Gasteiger partial charge in [-0.25, -0.2) is 4.99 Å². The van der Waals surface area contributed by atoms with Gasteiger partial charge in [0.2, 0.25) is 0 Å². The van der Waals surface area contributed by atoms with Crippen LogP contribution in [0.5, 0.6) is 0 Å². The fraction of sp³-hybridized carbons (Fsp3) is 0.188. The van der Waals surface area contributed by atoms with Crippen molar-refractivity contribution in [1.29, 1.82) is 0 Å². The predicted octanol–water partition coefficient (Wildman–Crippen LogP) is 3.32. The molecule has 0 radical (unpaired) electrons. The topological polar surface area (TPSA) is 59.3 Å². The number of amidine groups is 1. The van der Waals surface area contributed by atoms with E-state index in [0.717, 1.165) is 16.8 Å². The molecule has 0 atom stereocenters. The molecule has 0 bridgehead atoms. The van der Waals surface area contributed by atoms with Gasteiger partial charge < -0.3 is 5.32 Å². The van der Waals surface area contributed by atoms with Crippen LogP contribution in [0.25, 0.3) is 6.08 Å². The van der Waals surface area contributed by atoms with E-state index in [1.54, 1.807) is 17.0 Å². The first-order chi connectivity index (χ1) is 11.1. The highest BCUT2D eigenvalue weighted by Crippen LogP contribution is 2.28. The molecule has 0 unspecified atom stereocenters. The molecule has 1 aromatic heterocycles. The molecule has 3 rings (SSSR count). The molecule has 1 saturated heterocycles. The van der Waals surface area contributed by atoms with Crippen LogP contribution in [-0.4, -0.2) is 26.7 Å². The maximum Gasteiger partial charge on any atom is 0.264 e. The molecule has 5 nitrogen and oxygen atoms in total. The minimum atomic E-state index is -0.147. The summed E-state index contributed by atoms with van der Waals surface area (Å²) in [5.74, 6) is 0.353. The lowest BCUT2D eigenvalue weighted by atomic mass is 10.2. The second kappa shape index (κ2) is 7.02. The summed E-state index contributed by atoms with van der Waals surface area (Å²) in [6.07, 6.45) is 5.37. The number of nitrogens with one attached hydrogen (secondary N) is 1. The van der Waals surface area contributed by atoms with E-state index >= 15 is 0 Å². The standard InChI is InChI=1S/C16H15ClN4OS/c1-11-3-2-4-13(7-11)19-16-20-15(22)14(23-16)8-12-9-18-21(10-12)6-5-17/h2-4,7-10H,5-6H2,1H3,(H,19,20,22)/b14-8-. The van der Waals surface area contributed by atoms with Gasteiger partial charge in [-0.2, -0.15) is 5.10 Å². The van der Waals surface area contributed by atoms with E-state index in [1.807, 2.05) is 37.4 Å². The molecule has 7 heteroatoms. The number of halogens is 1.